The van der Waals surface area contributed by atoms with E-state index in [-0.39, 0.29) is 5.91 Å². The summed E-state index contributed by atoms with van der Waals surface area (Å²) in [7, 11) is 0. The van der Waals surface area contributed by atoms with Crippen LogP contribution in [0.5, 0.6) is 0 Å². The molecule has 0 atom stereocenters. The molecule has 0 fully saturated rings. The molecule has 0 aliphatic carbocycles. The molecule has 0 bridgehead atoms. The summed E-state index contributed by atoms with van der Waals surface area (Å²) in [6.07, 6.45) is 1.52. The Labute approximate surface area is 117 Å². The van der Waals surface area contributed by atoms with E-state index in [2.05, 4.69) is 34.0 Å². The minimum atomic E-state index is -0.169. The quantitative estimate of drug-likeness (QED) is 0.907. The highest BCUT2D eigenvalue weighted by Crippen LogP contribution is 2.25. The van der Waals surface area contributed by atoms with Crippen molar-refractivity contribution in [1.29, 1.82) is 0 Å². The number of nitrogens with one attached hydrogen (secondary N) is 1. The SMILES string of the molecule is CCN(CC)c1cc(-c2ccc(NC(C)=O)o2)ncn1. The number of amides is 1. The van der Waals surface area contributed by atoms with Crippen LogP contribution in [0.25, 0.3) is 11.5 Å². The van der Waals surface area contributed by atoms with Crippen molar-refractivity contribution in [3.8, 4) is 11.5 Å². The van der Waals surface area contributed by atoms with Crippen molar-refractivity contribution in [3.05, 3.63) is 24.5 Å². The van der Waals surface area contributed by atoms with E-state index in [1.165, 1.54) is 13.3 Å². The van der Waals surface area contributed by atoms with Crippen molar-refractivity contribution in [3.63, 3.8) is 0 Å². The molecule has 2 rings (SSSR count). The third-order valence-corrected chi connectivity index (χ3v) is 2.90. The maximum Gasteiger partial charge on any atom is 0.223 e. The average Bonchev–Trinajstić information content (AvgIpc) is 2.88. The highest BCUT2D eigenvalue weighted by atomic mass is 16.4. The van der Waals surface area contributed by atoms with Crippen LogP contribution in [0.15, 0.2) is 28.9 Å². The van der Waals surface area contributed by atoms with Gasteiger partial charge in [0.1, 0.15) is 17.8 Å². The smallest absolute Gasteiger partial charge is 0.223 e. The van der Waals surface area contributed by atoms with Crippen molar-refractivity contribution in [2.75, 3.05) is 23.3 Å². The summed E-state index contributed by atoms with van der Waals surface area (Å²) in [5.74, 6) is 1.70. The Hall–Kier alpha value is -2.37. The van der Waals surface area contributed by atoms with Gasteiger partial charge >= 0.3 is 0 Å². The van der Waals surface area contributed by atoms with E-state index in [1.54, 1.807) is 12.1 Å². The zero-order valence-electron chi connectivity index (χ0n) is 11.9. The number of aromatic nitrogens is 2. The van der Waals surface area contributed by atoms with Gasteiger partial charge in [0.25, 0.3) is 0 Å². The van der Waals surface area contributed by atoms with Crippen LogP contribution in [0.4, 0.5) is 11.7 Å². The first-order valence-electron chi connectivity index (χ1n) is 6.58. The second kappa shape index (κ2) is 6.18. The van der Waals surface area contributed by atoms with Crippen LogP contribution in [0.1, 0.15) is 20.8 Å². The zero-order valence-corrected chi connectivity index (χ0v) is 11.9. The van der Waals surface area contributed by atoms with E-state index in [0.717, 1.165) is 18.9 Å². The van der Waals surface area contributed by atoms with Crippen LogP contribution in [-0.2, 0) is 4.79 Å². The third kappa shape index (κ3) is 3.14. The molecule has 0 unspecified atom stereocenters. The molecule has 2 aromatic rings. The Morgan fingerprint density at radius 1 is 1.30 bits per heavy atom. The third-order valence-electron chi connectivity index (χ3n) is 2.90. The zero-order chi connectivity index (χ0) is 14.5. The lowest BCUT2D eigenvalue weighted by Crippen LogP contribution is -2.22. The molecule has 0 saturated heterocycles. The van der Waals surface area contributed by atoms with Gasteiger partial charge in [-0.15, -0.1) is 0 Å². The van der Waals surface area contributed by atoms with Gasteiger partial charge in [-0.1, -0.05) is 0 Å². The van der Waals surface area contributed by atoms with Crippen LogP contribution < -0.4 is 10.2 Å². The van der Waals surface area contributed by atoms with E-state index >= 15 is 0 Å². The number of hydrogen-bond donors (Lipinski definition) is 1. The summed E-state index contributed by atoms with van der Waals surface area (Å²) in [5, 5.41) is 2.60. The molecule has 2 heterocycles. The first kappa shape index (κ1) is 14.0. The van der Waals surface area contributed by atoms with Crippen molar-refractivity contribution in [2.45, 2.75) is 20.8 Å². The van der Waals surface area contributed by atoms with Gasteiger partial charge in [-0.05, 0) is 19.9 Å². The van der Waals surface area contributed by atoms with Gasteiger partial charge in [0, 0.05) is 32.1 Å². The monoisotopic (exact) mass is 274 g/mol. The number of rotatable bonds is 5. The topological polar surface area (TPSA) is 71.3 Å². The molecule has 0 saturated carbocycles. The van der Waals surface area contributed by atoms with E-state index < -0.39 is 0 Å². The van der Waals surface area contributed by atoms with Gasteiger partial charge in [0.2, 0.25) is 5.91 Å². The Bertz CT molecular complexity index is 590. The predicted octanol–water partition coefficient (Wildman–Crippen LogP) is 2.54. The van der Waals surface area contributed by atoms with Crippen LogP contribution in [-0.4, -0.2) is 29.0 Å². The minimum absolute atomic E-state index is 0.169. The van der Waals surface area contributed by atoms with E-state index in [0.29, 0.717) is 17.3 Å². The molecule has 0 radical (unpaired) electrons. The van der Waals surface area contributed by atoms with E-state index in [4.69, 9.17) is 4.42 Å². The first-order valence-corrected chi connectivity index (χ1v) is 6.58. The summed E-state index contributed by atoms with van der Waals surface area (Å²) in [6.45, 7) is 7.34. The molecule has 1 N–H and O–H groups in total. The molecule has 0 aromatic carbocycles. The molecule has 1 amide bonds. The maximum absolute atomic E-state index is 11.0. The number of carbonyl (C=O) groups is 1. The normalized spacial score (nSPS) is 10.3. The number of hydrogen-bond acceptors (Lipinski definition) is 5. The number of anilines is 2. The first-order chi connectivity index (χ1) is 9.63. The van der Waals surface area contributed by atoms with Crippen molar-refractivity contribution >= 4 is 17.6 Å². The molecule has 0 aliphatic heterocycles. The second-order valence-electron chi connectivity index (χ2n) is 4.28. The Balaban J connectivity index is 2.26. The standard InChI is InChI=1S/C14H18N4O2/c1-4-18(5-2)13-8-11(15-9-16-13)12-6-7-14(20-12)17-10(3)19/h6-9H,4-5H2,1-3H3,(H,17,19). The summed E-state index contributed by atoms with van der Waals surface area (Å²) in [4.78, 5) is 21.6. The van der Waals surface area contributed by atoms with Crippen LogP contribution in [0.2, 0.25) is 0 Å². The maximum atomic E-state index is 11.0. The molecule has 106 valence electrons. The van der Waals surface area contributed by atoms with Crippen LogP contribution >= 0.6 is 0 Å². The molecule has 2 aromatic heterocycles. The fourth-order valence-electron chi connectivity index (χ4n) is 1.92. The fourth-order valence-corrected chi connectivity index (χ4v) is 1.92. The van der Waals surface area contributed by atoms with Crippen molar-refractivity contribution in [1.82, 2.24) is 9.97 Å². The number of furan rings is 1. The van der Waals surface area contributed by atoms with Gasteiger partial charge in [0.15, 0.2) is 11.6 Å². The average molecular weight is 274 g/mol. The van der Waals surface area contributed by atoms with Gasteiger partial charge in [-0.3, -0.25) is 10.1 Å². The van der Waals surface area contributed by atoms with Gasteiger partial charge < -0.3 is 9.32 Å². The lowest BCUT2D eigenvalue weighted by Gasteiger charge is -2.19. The second-order valence-corrected chi connectivity index (χ2v) is 4.28. The Kier molecular flexibility index (Phi) is 4.34. The number of carbonyl (C=O) groups excluding carboxylic acids is 1. The molecule has 6 heteroatoms. The van der Waals surface area contributed by atoms with Crippen LogP contribution in [0.3, 0.4) is 0 Å². The summed E-state index contributed by atoms with van der Waals surface area (Å²) in [5.41, 5.74) is 0.693. The summed E-state index contributed by atoms with van der Waals surface area (Å²) >= 11 is 0. The predicted molar refractivity (Wildman–Crippen MR) is 77.6 cm³/mol. The molecule has 0 spiro atoms. The largest absolute Gasteiger partial charge is 0.439 e. The van der Waals surface area contributed by atoms with Crippen molar-refractivity contribution in [2.24, 2.45) is 0 Å². The summed E-state index contributed by atoms with van der Waals surface area (Å²) in [6, 6.07) is 5.36. The Morgan fingerprint density at radius 2 is 2.05 bits per heavy atom. The summed E-state index contributed by atoms with van der Waals surface area (Å²) < 4.78 is 5.54. The van der Waals surface area contributed by atoms with E-state index in [9.17, 15) is 4.79 Å². The van der Waals surface area contributed by atoms with Crippen molar-refractivity contribution < 1.29 is 9.21 Å². The molecule has 6 nitrogen and oxygen atoms in total. The number of nitrogens with zero attached hydrogens (tertiary/aromatic N) is 3. The van der Waals surface area contributed by atoms with Gasteiger partial charge in [0.05, 0.1) is 0 Å². The van der Waals surface area contributed by atoms with Gasteiger partial charge in [-0.25, -0.2) is 9.97 Å². The molecule has 0 aliphatic rings. The molecular formula is C14H18N4O2. The lowest BCUT2D eigenvalue weighted by molar-refractivity contribution is -0.114. The molecule has 20 heavy (non-hydrogen) atoms. The Morgan fingerprint density at radius 3 is 2.70 bits per heavy atom. The van der Waals surface area contributed by atoms with Gasteiger partial charge in [-0.2, -0.15) is 0 Å². The highest BCUT2D eigenvalue weighted by Gasteiger charge is 2.10. The van der Waals surface area contributed by atoms with Crippen LogP contribution in [0, 0.1) is 0 Å². The molecular weight excluding hydrogens is 256 g/mol. The lowest BCUT2D eigenvalue weighted by atomic mass is 10.3. The van der Waals surface area contributed by atoms with E-state index in [1.807, 2.05) is 6.07 Å². The fraction of sp³-hybridized carbons (Fsp3) is 0.357. The highest BCUT2D eigenvalue weighted by molar-refractivity contribution is 5.87. The minimum Gasteiger partial charge on any atom is -0.439 e.